The fourth-order valence-electron chi connectivity index (χ4n) is 7.64. The van der Waals surface area contributed by atoms with Crippen molar-refractivity contribution in [3.63, 3.8) is 0 Å². The number of para-hydroxylation sites is 4. The Kier molecular flexibility index (Phi) is 20.2. The van der Waals surface area contributed by atoms with Crippen molar-refractivity contribution in [2.45, 2.75) is 50.3 Å². The van der Waals surface area contributed by atoms with Gasteiger partial charge < -0.3 is 30.1 Å². The fourth-order valence-corrected chi connectivity index (χ4v) is 9.31. The zero-order valence-electron chi connectivity index (χ0n) is 41.6. The van der Waals surface area contributed by atoms with Gasteiger partial charge in [0.2, 0.25) is 0 Å². The molecule has 0 spiro atoms. The normalized spacial score (nSPS) is 11.9. The monoisotopic (exact) mass is 1140 g/mol. The summed E-state index contributed by atoms with van der Waals surface area (Å²) in [7, 11) is -9.07. The predicted octanol–water partition coefficient (Wildman–Crippen LogP) is 12.3. The van der Waals surface area contributed by atoms with Gasteiger partial charge in [-0.05, 0) is 121 Å². The van der Waals surface area contributed by atoms with E-state index in [4.69, 9.17) is 32.7 Å². The van der Waals surface area contributed by atoms with Crippen molar-refractivity contribution in [2.75, 3.05) is 18.5 Å². The molecule has 77 heavy (non-hydrogen) atoms. The fraction of sp³-hybridized carbons (Fsp3) is 0.148. The van der Waals surface area contributed by atoms with E-state index in [0.717, 1.165) is 12.1 Å². The molecule has 392 valence electrons. The number of phenols is 1. The molecule has 0 bridgehead atoms. The van der Waals surface area contributed by atoms with Gasteiger partial charge in [-0.3, -0.25) is 18.9 Å². The maximum atomic E-state index is 13.4. The van der Waals surface area contributed by atoms with Crippen LogP contribution in [-0.4, -0.2) is 93.8 Å². The van der Waals surface area contributed by atoms with Crippen LogP contribution in [-0.2, 0) is 33.1 Å². The number of phenolic OH excluding ortho intramolecular Hbond substituents is 1. The van der Waals surface area contributed by atoms with Crippen LogP contribution in [0.4, 0.5) is 34.1 Å². The first-order valence-electron chi connectivity index (χ1n) is 23.2. The van der Waals surface area contributed by atoms with E-state index in [2.05, 4.69) is 30.8 Å². The third-order valence-corrected chi connectivity index (χ3v) is 13.9. The summed E-state index contributed by atoms with van der Waals surface area (Å²) in [5.41, 5.74) is 1.02. The number of hydrogen-bond acceptors (Lipinski definition) is 15. The Balaban J connectivity index is 0.000000246. The van der Waals surface area contributed by atoms with Gasteiger partial charge in [-0.25, -0.2) is 0 Å². The van der Waals surface area contributed by atoms with Crippen LogP contribution in [0.3, 0.4) is 0 Å². The predicted molar refractivity (Wildman–Crippen MR) is 294 cm³/mol. The summed E-state index contributed by atoms with van der Waals surface area (Å²) in [4.78, 5) is 16.5. The molecule has 1 amide bonds. The molecule has 18 nitrogen and oxygen atoms in total. The van der Waals surface area contributed by atoms with Gasteiger partial charge in [-0.1, -0.05) is 116 Å². The third-order valence-electron chi connectivity index (χ3n) is 11.3. The number of carbonyl (C=O) groups is 1. The van der Waals surface area contributed by atoms with Crippen molar-refractivity contribution < 1.29 is 55.5 Å². The van der Waals surface area contributed by atoms with Gasteiger partial charge in [0.15, 0.2) is 5.75 Å². The maximum Gasteiger partial charge on any atom is 2.00 e. The topological polar surface area (TPSA) is 284 Å². The summed E-state index contributed by atoms with van der Waals surface area (Å²) in [6, 6.07) is 35.0. The zero-order chi connectivity index (χ0) is 54.9. The van der Waals surface area contributed by atoms with Crippen LogP contribution in [0.25, 0.3) is 21.5 Å². The molecular formula is C54H46CaCl2N6O12S2. The first kappa shape index (κ1) is 59.5. The quantitative estimate of drug-likeness (QED) is 0.0231. The van der Waals surface area contributed by atoms with Crippen molar-refractivity contribution in [1.82, 2.24) is 0 Å². The molecule has 8 aromatic carbocycles. The Hall–Kier alpha value is -6.72. The van der Waals surface area contributed by atoms with Gasteiger partial charge in [-0.15, -0.1) is 15.3 Å². The summed E-state index contributed by atoms with van der Waals surface area (Å²) < 4.78 is 77.1. The van der Waals surface area contributed by atoms with Crippen LogP contribution in [0, 0.1) is 0 Å². The summed E-state index contributed by atoms with van der Waals surface area (Å²) >= 11 is 12.8. The van der Waals surface area contributed by atoms with Crippen molar-refractivity contribution in [1.29, 1.82) is 0 Å². The number of azo groups is 2. The molecule has 0 unspecified atom stereocenters. The van der Waals surface area contributed by atoms with Crippen LogP contribution in [0.5, 0.6) is 23.0 Å². The average molecular weight is 1150 g/mol. The van der Waals surface area contributed by atoms with E-state index >= 15 is 0 Å². The summed E-state index contributed by atoms with van der Waals surface area (Å²) in [5.74, 6) is -1.66. The van der Waals surface area contributed by atoms with Crippen LogP contribution in [0.1, 0.15) is 54.7 Å². The first-order chi connectivity index (χ1) is 36.3. The van der Waals surface area contributed by atoms with Gasteiger partial charge >= 0.3 is 37.7 Å². The first-order valence-corrected chi connectivity index (χ1v) is 26.8. The maximum absolute atomic E-state index is 13.4. The second kappa shape index (κ2) is 26.1. The van der Waals surface area contributed by atoms with E-state index in [1.54, 1.807) is 118 Å². The minimum Gasteiger partial charge on any atom is -0.871 e. The Morgan fingerprint density at radius 1 is 0.597 bits per heavy atom. The number of rotatable bonds is 16. The molecule has 0 atom stereocenters. The van der Waals surface area contributed by atoms with Gasteiger partial charge in [0.05, 0.1) is 50.0 Å². The standard InChI is InChI=1S/2C27H24ClN3O6S.Ca/c2*1-3-16-13-18(38(34,35)36)15-22(24(16)28)30-31-25-19-10-6-5-9-17(19)14-20(26(25)32)27(33)29-21-11-7-8-12-23(21)37-4-2;/h2*5-15,32H,3-4H2,1-2H3,(H,29,33)(H,34,35,36);/q;;+2/p-2. The molecule has 0 fully saturated rings. The molecule has 23 heteroatoms. The van der Waals surface area contributed by atoms with E-state index < -0.39 is 48.4 Å². The van der Waals surface area contributed by atoms with Crippen LogP contribution >= 0.6 is 23.2 Å². The Bertz CT molecular complexity index is 3860. The number of fused-ring (bicyclic) bond motifs is 2. The van der Waals surface area contributed by atoms with Crippen molar-refractivity contribution in [3.8, 4) is 23.0 Å². The van der Waals surface area contributed by atoms with Crippen LogP contribution in [0.2, 0.25) is 10.0 Å². The van der Waals surface area contributed by atoms with Crippen molar-refractivity contribution >= 4 is 149 Å². The number of amides is 1. The van der Waals surface area contributed by atoms with Gasteiger partial charge in [-0.2, -0.15) is 21.9 Å². The second-order valence-corrected chi connectivity index (χ2v) is 19.9. The summed E-state index contributed by atoms with van der Waals surface area (Å²) in [6.07, 6.45) is 0.729. The third kappa shape index (κ3) is 14.1. The molecule has 0 aromatic heterocycles. The number of aliphatic imine (C=N–C) groups is 1. The summed E-state index contributed by atoms with van der Waals surface area (Å²) in [5, 5.41) is 59.2. The molecule has 0 aliphatic carbocycles. The van der Waals surface area contributed by atoms with E-state index in [9.17, 15) is 46.1 Å². The minimum atomic E-state index is -4.55. The number of ether oxygens (including phenoxy) is 2. The molecule has 0 aliphatic heterocycles. The van der Waals surface area contributed by atoms with Gasteiger partial charge in [0.1, 0.15) is 34.2 Å². The number of benzene rings is 8. The molecule has 0 saturated carbocycles. The number of anilines is 1. The van der Waals surface area contributed by atoms with Crippen molar-refractivity contribution in [2.24, 2.45) is 25.4 Å². The Labute approximate surface area is 483 Å². The van der Waals surface area contributed by atoms with E-state index in [0.29, 0.717) is 75.9 Å². The Morgan fingerprint density at radius 2 is 1.05 bits per heavy atom. The minimum absolute atomic E-state index is 0. The Morgan fingerprint density at radius 3 is 1.58 bits per heavy atom. The molecule has 0 heterocycles. The zero-order valence-corrected chi connectivity index (χ0v) is 46.9. The molecule has 8 rings (SSSR count). The number of aryl methyl sites for hydroxylation is 2. The SMILES string of the molecule is CCOc1ccccc1N=C([O-])c1cc2ccccc2c(N=Nc2cc(S(=O)(=O)O)cc(CC)c2Cl)c1[O-].CCOc1ccccc1NC(=O)c1cc2ccccc2c(N=Nc2cc(S(=O)(=O)O)cc(CC)c2Cl)c1O.[Ca+2]. The number of halogens is 2. The average Bonchev–Trinajstić information content (AvgIpc) is 3.39. The van der Waals surface area contributed by atoms with Crippen molar-refractivity contribution in [3.05, 3.63) is 166 Å². The van der Waals surface area contributed by atoms with E-state index in [1.807, 2.05) is 6.92 Å². The van der Waals surface area contributed by atoms with E-state index in [-0.39, 0.29) is 92.2 Å². The number of aromatic hydroxyl groups is 1. The number of hydrogen-bond donors (Lipinski definition) is 4. The van der Waals surface area contributed by atoms with Gasteiger partial charge in [0, 0.05) is 10.8 Å². The summed E-state index contributed by atoms with van der Waals surface area (Å²) in [6.45, 7) is 7.92. The van der Waals surface area contributed by atoms with Gasteiger partial charge in [0.25, 0.3) is 26.1 Å². The van der Waals surface area contributed by atoms with E-state index in [1.165, 1.54) is 24.3 Å². The second-order valence-electron chi connectivity index (χ2n) is 16.3. The number of nitrogens with one attached hydrogen (secondary N) is 1. The molecular weight excluding hydrogens is 1100 g/mol. The number of nitrogens with zero attached hydrogens (tertiary/aromatic N) is 5. The molecule has 4 N–H and O–H groups in total. The van der Waals surface area contributed by atoms with Crippen LogP contribution in [0.15, 0.2) is 169 Å². The molecule has 0 saturated heterocycles. The number of carbonyl (C=O) groups excluding carboxylic acids is 1. The van der Waals surface area contributed by atoms with Crippen LogP contribution < -0.4 is 25.0 Å². The molecule has 0 radical (unpaired) electrons. The largest absolute Gasteiger partial charge is 2.00 e. The smallest absolute Gasteiger partial charge is 0.871 e. The molecule has 8 aromatic rings. The molecule has 0 aliphatic rings.